The molecule has 0 aliphatic heterocycles. The number of furan rings is 1. The van der Waals surface area contributed by atoms with Gasteiger partial charge in [0.25, 0.3) is 0 Å². The summed E-state index contributed by atoms with van der Waals surface area (Å²) in [5.74, 6) is 3.43. The van der Waals surface area contributed by atoms with Crippen LogP contribution in [-0.4, -0.2) is 39.2 Å². The van der Waals surface area contributed by atoms with Crippen molar-refractivity contribution in [3.05, 3.63) is 70.1 Å². The van der Waals surface area contributed by atoms with E-state index in [-0.39, 0.29) is 0 Å². The molecule has 4 rings (SSSR count). The third kappa shape index (κ3) is 4.71. The lowest BCUT2D eigenvalue weighted by atomic mass is 10.2. The predicted molar refractivity (Wildman–Crippen MR) is 121 cm³/mol. The Kier molecular flexibility index (Phi) is 6.13. The number of aliphatic imine (C=N–C) groups is 1. The van der Waals surface area contributed by atoms with E-state index in [1.807, 2.05) is 43.8 Å². The van der Waals surface area contributed by atoms with Crippen molar-refractivity contribution < 1.29 is 4.42 Å². The summed E-state index contributed by atoms with van der Waals surface area (Å²) >= 11 is 1.77. The maximum Gasteiger partial charge on any atom is 0.194 e. The maximum atomic E-state index is 5.99. The first-order valence-electron chi connectivity index (χ1n) is 9.94. The SMILES string of the molecule is Cc1nnc(CN=C(NCCc2cccs2)N(C)Cc2cc3ccccc3o2)n1C. The summed E-state index contributed by atoms with van der Waals surface area (Å²) in [7, 11) is 3.98. The summed E-state index contributed by atoms with van der Waals surface area (Å²) in [5.41, 5.74) is 0.902. The van der Waals surface area contributed by atoms with Crippen molar-refractivity contribution in [1.29, 1.82) is 0 Å². The Morgan fingerprint density at radius 3 is 2.83 bits per heavy atom. The number of thiophene rings is 1. The molecule has 3 heterocycles. The van der Waals surface area contributed by atoms with Gasteiger partial charge in [0.05, 0.1) is 6.54 Å². The fourth-order valence-electron chi connectivity index (χ4n) is 3.22. The van der Waals surface area contributed by atoms with Crippen LogP contribution >= 0.6 is 11.3 Å². The number of aryl methyl sites for hydroxylation is 1. The number of benzene rings is 1. The average Bonchev–Trinajstić information content (AvgIpc) is 3.46. The number of hydrogen-bond donors (Lipinski definition) is 1. The van der Waals surface area contributed by atoms with Gasteiger partial charge in [-0.2, -0.15) is 0 Å². The third-order valence-corrected chi connectivity index (χ3v) is 5.95. The quantitative estimate of drug-likeness (QED) is 0.363. The van der Waals surface area contributed by atoms with E-state index in [1.54, 1.807) is 11.3 Å². The predicted octanol–water partition coefficient (Wildman–Crippen LogP) is 3.75. The highest BCUT2D eigenvalue weighted by atomic mass is 32.1. The van der Waals surface area contributed by atoms with Gasteiger partial charge in [-0.3, -0.25) is 0 Å². The number of rotatable bonds is 7. The van der Waals surface area contributed by atoms with Crippen molar-refractivity contribution in [3.63, 3.8) is 0 Å². The fourth-order valence-corrected chi connectivity index (χ4v) is 3.93. The summed E-state index contributed by atoms with van der Waals surface area (Å²) in [4.78, 5) is 8.24. The minimum atomic E-state index is 0.461. The molecule has 0 radical (unpaired) electrons. The molecule has 0 aliphatic carbocycles. The molecule has 0 saturated carbocycles. The van der Waals surface area contributed by atoms with E-state index in [0.29, 0.717) is 13.1 Å². The number of aromatic nitrogens is 3. The van der Waals surface area contributed by atoms with E-state index >= 15 is 0 Å². The van der Waals surface area contributed by atoms with Gasteiger partial charge < -0.3 is 19.2 Å². The number of guanidine groups is 1. The van der Waals surface area contributed by atoms with Crippen molar-refractivity contribution in [2.75, 3.05) is 13.6 Å². The third-order valence-electron chi connectivity index (χ3n) is 5.02. The summed E-state index contributed by atoms with van der Waals surface area (Å²) in [5, 5.41) is 15.1. The van der Waals surface area contributed by atoms with Crippen molar-refractivity contribution >= 4 is 28.3 Å². The average molecular weight is 423 g/mol. The van der Waals surface area contributed by atoms with E-state index < -0.39 is 0 Å². The Morgan fingerprint density at radius 1 is 1.23 bits per heavy atom. The summed E-state index contributed by atoms with van der Waals surface area (Å²) < 4.78 is 7.95. The number of nitrogens with one attached hydrogen (secondary N) is 1. The van der Waals surface area contributed by atoms with Gasteiger partial charge in [-0.05, 0) is 36.9 Å². The second-order valence-corrected chi connectivity index (χ2v) is 8.26. The Balaban J connectivity index is 1.48. The van der Waals surface area contributed by atoms with Crippen LogP contribution in [0.1, 0.15) is 22.3 Å². The van der Waals surface area contributed by atoms with Gasteiger partial charge >= 0.3 is 0 Å². The molecule has 1 N–H and O–H groups in total. The molecule has 0 aliphatic rings. The van der Waals surface area contributed by atoms with E-state index in [1.165, 1.54) is 4.88 Å². The molecule has 0 bridgehead atoms. The van der Waals surface area contributed by atoms with Crippen LogP contribution in [-0.2, 0) is 26.6 Å². The lowest BCUT2D eigenvalue weighted by molar-refractivity contribution is 0.411. The molecule has 3 aromatic heterocycles. The zero-order chi connectivity index (χ0) is 20.9. The van der Waals surface area contributed by atoms with Gasteiger partial charge in [0.1, 0.15) is 23.7 Å². The van der Waals surface area contributed by atoms with Gasteiger partial charge in [-0.15, -0.1) is 21.5 Å². The van der Waals surface area contributed by atoms with Gasteiger partial charge in [0.15, 0.2) is 11.8 Å². The Hall–Kier alpha value is -3.13. The standard InChI is InChI=1S/C22H26N6OS/c1-16-25-26-21(28(16)3)14-24-22(23-11-10-19-8-6-12-30-19)27(2)15-18-13-17-7-4-5-9-20(17)29-18/h4-9,12-13H,10-11,14-15H2,1-3H3,(H,23,24). The molecule has 0 amide bonds. The Morgan fingerprint density at radius 2 is 2.10 bits per heavy atom. The number of nitrogens with zero attached hydrogens (tertiary/aromatic N) is 5. The summed E-state index contributed by atoms with van der Waals surface area (Å²) in [6.07, 6.45) is 0.957. The second kappa shape index (κ2) is 9.13. The first-order chi connectivity index (χ1) is 14.6. The largest absolute Gasteiger partial charge is 0.459 e. The van der Waals surface area contributed by atoms with Crippen LogP contribution in [0, 0.1) is 6.92 Å². The van der Waals surface area contributed by atoms with Crippen molar-refractivity contribution in [2.24, 2.45) is 12.0 Å². The van der Waals surface area contributed by atoms with Crippen LogP contribution in [0.15, 0.2) is 57.3 Å². The Labute approximate surface area is 180 Å². The van der Waals surface area contributed by atoms with Gasteiger partial charge in [-0.25, -0.2) is 4.99 Å². The summed E-state index contributed by atoms with van der Waals surface area (Å²) in [6, 6.07) is 14.4. The first-order valence-corrected chi connectivity index (χ1v) is 10.8. The molecular weight excluding hydrogens is 396 g/mol. The van der Waals surface area contributed by atoms with E-state index in [2.05, 4.69) is 50.1 Å². The van der Waals surface area contributed by atoms with E-state index in [4.69, 9.17) is 9.41 Å². The van der Waals surface area contributed by atoms with E-state index in [9.17, 15) is 0 Å². The van der Waals surface area contributed by atoms with Gasteiger partial charge in [0.2, 0.25) is 0 Å². The molecular formula is C22H26N6OS. The Bertz CT molecular complexity index is 1090. The highest BCUT2D eigenvalue weighted by molar-refractivity contribution is 7.09. The van der Waals surface area contributed by atoms with Crippen LogP contribution in [0.4, 0.5) is 0 Å². The van der Waals surface area contributed by atoms with E-state index in [0.717, 1.165) is 47.3 Å². The highest BCUT2D eigenvalue weighted by Crippen LogP contribution is 2.19. The van der Waals surface area contributed by atoms with Crippen molar-refractivity contribution in [3.8, 4) is 0 Å². The molecule has 156 valence electrons. The minimum absolute atomic E-state index is 0.461. The van der Waals surface area contributed by atoms with Crippen LogP contribution in [0.5, 0.6) is 0 Å². The maximum absolute atomic E-state index is 5.99. The second-order valence-electron chi connectivity index (χ2n) is 7.23. The van der Waals surface area contributed by atoms with Crippen LogP contribution in [0.25, 0.3) is 11.0 Å². The minimum Gasteiger partial charge on any atom is -0.459 e. The van der Waals surface area contributed by atoms with Crippen molar-refractivity contribution in [2.45, 2.75) is 26.4 Å². The summed E-state index contributed by atoms with van der Waals surface area (Å²) in [6.45, 7) is 3.83. The number of fused-ring (bicyclic) bond motifs is 1. The molecule has 0 fully saturated rings. The fraction of sp³-hybridized carbons (Fsp3) is 0.318. The topological polar surface area (TPSA) is 71.5 Å². The highest BCUT2D eigenvalue weighted by Gasteiger charge is 2.12. The van der Waals surface area contributed by atoms with Gasteiger partial charge in [0, 0.05) is 30.9 Å². The lowest BCUT2D eigenvalue weighted by Crippen LogP contribution is -2.39. The molecule has 0 spiro atoms. The molecule has 1 aromatic carbocycles. The number of hydrogen-bond acceptors (Lipinski definition) is 5. The zero-order valence-corrected chi connectivity index (χ0v) is 18.3. The molecule has 0 unspecified atom stereocenters. The smallest absolute Gasteiger partial charge is 0.194 e. The van der Waals surface area contributed by atoms with Crippen LogP contribution < -0.4 is 5.32 Å². The molecule has 7 nitrogen and oxygen atoms in total. The van der Waals surface area contributed by atoms with Gasteiger partial charge in [-0.1, -0.05) is 24.3 Å². The molecule has 30 heavy (non-hydrogen) atoms. The lowest BCUT2D eigenvalue weighted by Gasteiger charge is -2.21. The molecule has 0 saturated heterocycles. The molecule has 8 heteroatoms. The zero-order valence-electron chi connectivity index (χ0n) is 17.5. The monoisotopic (exact) mass is 422 g/mol. The van der Waals surface area contributed by atoms with Crippen LogP contribution in [0.3, 0.4) is 0 Å². The van der Waals surface area contributed by atoms with Crippen LogP contribution in [0.2, 0.25) is 0 Å². The normalized spacial score (nSPS) is 11.9. The van der Waals surface area contributed by atoms with Crippen molar-refractivity contribution in [1.82, 2.24) is 25.0 Å². The molecule has 0 atom stereocenters. The number of para-hydroxylation sites is 1. The molecule has 4 aromatic rings. The first kappa shape index (κ1) is 20.2.